The van der Waals surface area contributed by atoms with E-state index in [-0.39, 0.29) is 0 Å². The van der Waals surface area contributed by atoms with Gasteiger partial charge in [-0.1, -0.05) is 0 Å². The van der Waals surface area contributed by atoms with Crippen molar-refractivity contribution in [3.63, 3.8) is 0 Å². The number of hydrogen-bond donors (Lipinski definition) is 0. The Balaban J connectivity index is 1.87. The summed E-state index contributed by atoms with van der Waals surface area (Å²) in [5.41, 5.74) is 0. The van der Waals surface area contributed by atoms with Crippen LogP contribution in [0.5, 0.6) is 0 Å². The molecule has 0 aromatic heterocycles. The molecule has 0 N–H and O–H groups in total. The van der Waals surface area contributed by atoms with Crippen LogP contribution in [0.15, 0.2) is 0 Å². The van der Waals surface area contributed by atoms with Gasteiger partial charge in [0.2, 0.25) is 0 Å². The molecule has 0 spiro atoms. The molecule has 14 heavy (non-hydrogen) atoms. The number of unbranched alkanes of at least 4 members (excludes halogenated alkanes) is 1. The molecule has 0 bridgehead atoms. The fourth-order valence-electron chi connectivity index (χ4n) is 2.16. The second-order valence-electron chi connectivity index (χ2n) is 4.07. The van der Waals surface area contributed by atoms with E-state index in [4.69, 9.17) is 20.9 Å². The van der Waals surface area contributed by atoms with Crippen molar-refractivity contribution in [3.8, 4) is 0 Å². The van der Waals surface area contributed by atoms with Crippen molar-refractivity contribution in [3.05, 3.63) is 0 Å². The van der Waals surface area contributed by atoms with E-state index >= 15 is 0 Å². The molecule has 0 aromatic rings. The second kappa shape index (κ2) is 8.49. The minimum absolute atomic E-state index is 0.786. The SMILES string of the molecule is [Cl][Sn]([Cl])[O]CCCCC1CCCCC1. The first kappa shape index (κ1) is 13.4. The van der Waals surface area contributed by atoms with E-state index in [2.05, 4.69) is 0 Å². The predicted molar refractivity (Wildman–Crippen MR) is 63.8 cm³/mol. The van der Waals surface area contributed by atoms with Gasteiger partial charge in [-0.15, -0.1) is 0 Å². The van der Waals surface area contributed by atoms with Crippen LogP contribution in [-0.2, 0) is 3.07 Å². The van der Waals surface area contributed by atoms with Crippen LogP contribution < -0.4 is 0 Å². The van der Waals surface area contributed by atoms with E-state index in [0.29, 0.717) is 0 Å². The quantitative estimate of drug-likeness (QED) is 0.518. The molecule has 0 saturated heterocycles. The third-order valence-electron chi connectivity index (χ3n) is 2.94. The van der Waals surface area contributed by atoms with Crippen molar-refractivity contribution in [2.24, 2.45) is 5.92 Å². The van der Waals surface area contributed by atoms with Crippen molar-refractivity contribution in [2.45, 2.75) is 51.4 Å². The zero-order valence-corrected chi connectivity index (χ0v) is 13.0. The first-order chi connectivity index (χ1) is 6.79. The number of rotatable bonds is 6. The molecule has 1 aliphatic carbocycles. The summed E-state index contributed by atoms with van der Waals surface area (Å²) in [4.78, 5) is 0. The summed E-state index contributed by atoms with van der Waals surface area (Å²) in [5, 5.41) is 0. The van der Waals surface area contributed by atoms with Crippen molar-refractivity contribution < 1.29 is 3.07 Å². The van der Waals surface area contributed by atoms with E-state index in [1.54, 1.807) is 0 Å². The Kier molecular flexibility index (Phi) is 8.12. The topological polar surface area (TPSA) is 9.23 Å². The van der Waals surface area contributed by atoms with Gasteiger partial charge in [-0.3, -0.25) is 0 Å². The average molecular weight is 345 g/mol. The van der Waals surface area contributed by atoms with Gasteiger partial charge in [0.25, 0.3) is 0 Å². The Morgan fingerprint density at radius 1 is 1.07 bits per heavy atom. The maximum absolute atomic E-state index is 5.65. The van der Waals surface area contributed by atoms with Crippen molar-refractivity contribution in [2.75, 3.05) is 6.61 Å². The minimum atomic E-state index is -2.28. The summed E-state index contributed by atoms with van der Waals surface area (Å²) in [6, 6.07) is 0. The van der Waals surface area contributed by atoms with Crippen molar-refractivity contribution >= 4 is 35.8 Å². The molecule has 1 aliphatic rings. The molecule has 0 aromatic carbocycles. The maximum atomic E-state index is 5.65. The summed E-state index contributed by atoms with van der Waals surface area (Å²) in [6.07, 6.45) is 11.1. The van der Waals surface area contributed by atoms with Gasteiger partial charge < -0.3 is 0 Å². The van der Waals surface area contributed by atoms with Crippen LogP contribution in [0.3, 0.4) is 0 Å². The molecule has 0 atom stereocenters. The van der Waals surface area contributed by atoms with Gasteiger partial charge in [0, 0.05) is 0 Å². The van der Waals surface area contributed by atoms with Gasteiger partial charge >= 0.3 is 103 Å². The molecule has 0 amide bonds. The second-order valence-corrected chi connectivity index (χ2v) is 12.1. The number of hydrogen-bond acceptors (Lipinski definition) is 1. The molecule has 1 fully saturated rings. The normalized spacial score (nSPS) is 19.1. The zero-order valence-electron chi connectivity index (χ0n) is 8.61. The van der Waals surface area contributed by atoms with E-state index < -0.39 is 17.9 Å². The van der Waals surface area contributed by atoms with Crippen LogP contribution in [0.2, 0.25) is 0 Å². The Morgan fingerprint density at radius 2 is 1.79 bits per heavy atom. The zero-order chi connectivity index (χ0) is 10.2. The van der Waals surface area contributed by atoms with E-state index in [0.717, 1.165) is 18.9 Å². The van der Waals surface area contributed by atoms with Gasteiger partial charge in [-0.25, -0.2) is 0 Å². The molecule has 1 rings (SSSR count). The molecule has 0 unspecified atom stereocenters. The molecular formula is C10H19Cl2OSn. The summed E-state index contributed by atoms with van der Waals surface area (Å²) >= 11 is -2.28. The van der Waals surface area contributed by atoms with Crippen LogP contribution in [0.25, 0.3) is 0 Å². The molecule has 0 heterocycles. The molecule has 1 nitrogen and oxygen atoms in total. The first-order valence-electron chi connectivity index (χ1n) is 5.60. The van der Waals surface area contributed by atoms with Crippen LogP contribution in [0.4, 0.5) is 0 Å². The van der Waals surface area contributed by atoms with Gasteiger partial charge in [0.15, 0.2) is 0 Å². The van der Waals surface area contributed by atoms with Gasteiger partial charge in [0.1, 0.15) is 0 Å². The van der Waals surface area contributed by atoms with Crippen molar-refractivity contribution in [1.29, 1.82) is 0 Å². The molecular weight excluding hydrogens is 326 g/mol. The predicted octanol–water partition coefficient (Wildman–Crippen LogP) is 4.22. The molecule has 1 radical (unpaired) electrons. The van der Waals surface area contributed by atoms with Gasteiger partial charge in [-0.2, -0.15) is 0 Å². The summed E-state index contributed by atoms with van der Waals surface area (Å²) in [5.74, 6) is 0.994. The number of halogens is 2. The standard InChI is InChI=1S/C10H19O.2ClH.Sn/c11-9-5-4-8-10-6-2-1-3-7-10;;;/h10H,1-9H2;2*1H;/q-1;;;+3/p-2. The Hall–Kier alpha value is 1.34. The van der Waals surface area contributed by atoms with Gasteiger partial charge in [-0.05, 0) is 0 Å². The summed E-state index contributed by atoms with van der Waals surface area (Å²) < 4.78 is 5.26. The van der Waals surface area contributed by atoms with Crippen LogP contribution in [0, 0.1) is 5.92 Å². The Bertz CT molecular complexity index is 138. The Morgan fingerprint density at radius 3 is 2.43 bits per heavy atom. The monoisotopic (exact) mass is 345 g/mol. The first-order valence-corrected chi connectivity index (χ1v) is 14.0. The molecule has 0 aliphatic heterocycles. The summed E-state index contributed by atoms with van der Waals surface area (Å²) in [6.45, 7) is 0.786. The van der Waals surface area contributed by atoms with E-state index in [1.807, 2.05) is 0 Å². The van der Waals surface area contributed by atoms with Crippen LogP contribution >= 0.6 is 17.8 Å². The fourth-order valence-corrected chi connectivity index (χ4v) is 4.05. The van der Waals surface area contributed by atoms with E-state index in [1.165, 1.54) is 44.9 Å². The Labute approximate surface area is 102 Å². The third kappa shape index (κ3) is 6.75. The summed E-state index contributed by atoms with van der Waals surface area (Å²) in [7, 11) is 11.3. The van der Waals surface area contributed by atoms with Crippen molar-refractivity contribution in [1.82, 2.24) is 0 Å². The molecule has 83 valence electrons. The van der Waals surface area contributed by atoms with E-state index in [9.17, 15) is 0 Å². The van der Waals surface area contributed by atoms with Crippen LogP contribution in [0.1, 0.15) is 51.4 Å². The molecule has 1 saturated carbocycles. The average Bonchev–Trinajstić information content (AvgIpc) is 2.18. The fraction of sp³-hybridized carbons (Fsp3) is 1.00. The third-order valence-corrected chi connectivity index (χ3v) is 5.61. The molecule has 4 heteroatoms. The van der Waals surface area contributed by atoms with Gasteiger partial charge in [0.05, 0.1) is 0 Å². The van der Waals surface area contributed by atoms with Crippen LogP contribution in [-0.4, -0.2) is 24.5 Å².